The van der Waals surface area contributed by atoms with E-state index in [0.29, 0.717) is 5.56 Å². The maximum Gasteiger partial charge on any atom is 0.132 e. The quantitative estimate of drug-likeness (QED) is 0.578. The van der Waals surface area contributed by atoms with Gasteiger partial charge < -0.3 is 0 Å². The molecule has 0 fully saturated rings. The molecule has 1 rings (SSSR count). The number of nitriles is 1. The largest absolute Gasteiger partial charge is 0.270 e. The van der Waals surface area contributed by atoms with E-state index in [9.17, 15) is 0 Å². The first-order valence-electron chi connectivity index (χ1n) is 3.82. The highest BCUT2D eigenvalue weighted by molar-refractivity contribution is 5.34. The van der Waals surface area contributed by atoms with Crippen LogP contribution in [0.5, 0.6) is 0 Å². The summed E-state index contributed by atoms with van der Waals surface area (Å²) in [6, 6.07) is 2.08. The van der Waals surface area contributed by atoms with Crippen molar-refractivity contribution in [1.82, 2.24) is 9.78 Å². The van der Waals surface area contributed by atoms with E-state index < -0.39 is 0 Å². The van der Waals surface area contributed by atoms with Gasteiger partial charge in [-0.15, -0.1) is 0 Å². The van der Waals surface area contributed by atoms with Gasteiger partial charge in [0.15, 0.2) is 0 Å². The molecule has 0 atom stereocenters. The molecule has 0 aliphatic rings. The predicted molar refractivity (Wildman–Crippen MR) is 45.5 cm³/mol. The highest BCUT2D eigenvalue weighted by Crippen LogP contribution is 2.23. The standard InChI is InChI=1S/C9H12N3/c1-9(2,3)8-7(5-10)6-11-12(8)4/h1-4H3. The van der Waals surface area contributed by atoms with Crippen molar-refractivity contribution in [2.24, 2.45) is 7.05 Å². The zero-order valence-corrected chi connectivity index (χ0v) is 7.84. The van der Waals surface area contributed by atoms with Gasteiger partial charge in [-0.3, -0.25) is 4.68 Å². The lowest BCUT2D eigenvalue weighted by atomic mass is 9.89. The minimum Gasteiger partial charge on any atom is -0.270 e. The Bertz CT molecular complexity index is 323. The molecule has 0 aromatic carbocycles. The van der Waals surface area contributed by atoms with Crippen molar-refractivity contribution >= 4 is 0 Å². The maximum atomic E-state index is 8.76. The fourth-order valence-corrected chi connectivity index (χ4v) is 1.33. The van der Waals surface area contributed by atoms with Gasteiger partial charge in [0.2, 0.25) is 0 Å². The Morgan fingerprint density at radius 2 is 2.08 bits per heavy atom. The minimum absolute atomic E-state index is 0.0488. The van der Waals surface area contributed by atoms with Gasteiger partial charge >= 0.3 is 0 Å². The summed E-state index contributed by atoms with van der Waals surface area (Å²) in [4.78, 5) is 0. The van der Waals surface area contributed by atoms with Gasteiger partial charge in [0, 0.05) is 12.5 Å². The second-order valence-corrected chi connectivity index (χ2v) is 3.82. The van der Waals surface area contributed by atoms with Crippen molar-refractivity contribution in [3.8, 4) is 6.07 Å². The van der Waals surface area contributed by atoms with E-state index in [1.54, 1.807) is 4.68 Å². The molecule has 1 radical (unpaired) electrons. The Labute approximate surface area is 72.6 Å². The molecule has 0 bridgehead atoms. The van der Waals surface area contributed by atoms with Gasteiger partial charge in [0.05, 0.1) is 5.69 Å². The van der Waals surface area contributed by atoms with E-state index in [-0.39, 0.29) is 5.41 Å². The van der Waals surface area contributed by atoms with E-state index >= 15 is 0 Å². The molecule has 1 aromatic rings. The highest BCUT2D eigenvalue weighted by Gasteiger charge is 2.22. The molecule has 0 spiro atoms. The molecule has 3 heteroatoms. The first-order valence-corrected chi connectivity index (χ1v) is 3.82. The highest BCUT2D eigenvalue weighted by atomic mass is 15.3. The smallest absolute Gasteiger partial charge is 0.132 e. The molecule has 0 saturated heterocycles. The van der Waals surface area contributed by atoms with Crippen LogP contribution in [0, 0.1) is 17.5 Å². The van der Waals surface area contributed by atoms with Gasteiger partial charge in [-0.1, -0.05) is 20.8 Å². The van der Waals surface area contributed by atoms with Crippen molar-refractivity contribution < 1.29 is 0 Å². The van der Waals surface area contributed by atoms with Crippen LogP contribution in [0.25, 0.3) is 0 Å². The first-order chi connectivity index (χ1) is 5.46. The van der Waals surface area contributed by atoms with E-state index in [0.717, 1.165) is 5.69 Å². The van der Waals surface area contributed by atoms with Gasteiger partial charge in [-0.05, 0) is 0 Å². The zero-order valence-electron chi connectivity index (χ0n) is 7.84. The van der Waals surface area contributed by atoms with Crippen molar-refractivity contribution in [2.45, 2.75) is 26.2 Å². The molecule has 12 heavy (non-hydrogen) atoms. The fraction of sp³-hybridized carbons (Fsp3) is 0.556. The molecular formula is C9H12N3. The molecule has 0 amide bonds. The summed E-state index contributed by atoms with van der Waals surface area (Å²) < 4.78 is 1.71. The van der Waals surface area contributed by atoms with Crippen LogP contribution in [0.3, 0.4) is 0 Å². The normalized spacial score (nSPS) is 11.2. The average molecular weight is 162 g/mol. The van der Waals surface area contributed by atoms with Crippen LogP contribution in [-0.2, 0) is 12.5 Å². The van der Waals surface area contributed by atoms with Gasteiger partial charge in [-0.2, -0.15) is 10.4 Å². The Hall–Kier alpha value is -1.30. The summed E-state index contributed by atoms with van der Waals surface area (Å²) in [5, 5.41) is 12.7. The van der Waals surface area contributed by atoms with Crippen molar-refractivity contribution in [3.05, 3.63) is 17.5 Å². The van der Waals surface area contributed by atoms with Crippen LogP contribution in [0.1, 0.15) is 32.0 Å². The maximum absolute atomic E-state index is 8.76. The predicted octanol–water partition coefficient (Wildman–Crippen LogP) is 1.39. The summed E-state index contributed by atoms with van der Waals surface area (Å²) in [5.41, 5.74) is 1.43. The van der Waals surface area contributed by atoms with Crippen LogP contribution < -0.4 is 0 Å². The Balaban J connectivity index is 3.32. The lowest BCUT2D eigenvalue weighted by Gasteiger charge is -2.18. The number of aryl methyl sites for hydroxylation is 1. The molecule has 0 aliphatic carbocycles. The lowest BCUT2D eigenvalue weighted by Crippen LogP contribution is -2.17. The molecule has 0 saturated carbocycles. The third-order valence-electron chi connectivity index (χ3n) is 1.69. The number of nitrogens with zero attached hydrogens (tertiary/aromatic N) is 3. The SMILES string of the molecule is Cn1n[c]c(C#N)c1C(C)(C)C. The number of hydrogen-bond acceptors (Lipinski definition) is 2. The van der Waals surface area contributed by atoms with E-state index in [1.807, 2.05) is 7.05 Å². The Morgan fingerprint density at radius 1 is 1.50 bits per heavy atom. The summed E-state index contributed by atoms with van der Waals surface area (Å²) in [6.45, 7) is 6.16. The van der Waals surface area contributed by atoms with E-state index in [2.05, 4.69) is 38.1 Å². The molecule has 1 heterocycles. The van der Waals surface area contributed by atoms with Crippen LogP contribution in [-0.4, -0.2) is 9.78 Å². The van der Waals surface area contributed by atoms with Gasteiger partial charge in [0.1, 0.15) is 17.8 Å². The topological polar surface area (TPSA) is 41.6 Å². The summed E-state index contributed by atoms with van der Waals surface area (Å²) >= 11 is 0. The van der Waals surface area contributed by atoms with Crippen LogP contribution in [0.15, 0.2) is 0 Å². The summed E-state index contributed by atoms with van der Waals surface area (Å²) in [5.74, 6) is 0. The van der Waals surface area contributed by atoms with Crippen molar-refractivity contribution in [3.63, 3.8) is 0 Å². The fourth-order valence-electron chi connectivity index (χ4n) is 1.33. The van der Waals surface area contributed by atoms with Crippen molar-refractivity contribution in [1.29, 1.82) is 5.26 Å². The van der Waals surface area contributed by atoms with Crippen molar-refractivity contribution in [2.75, 3.05) is 0 Å². The third-order valence-corrected chi connectivity index (χ3v) is 1.69. The molecule has 0 unspecified atom stereocenters. The molecular weight excluding hydrogens is 150 g/mol. The van der Waals surface area contributed by atoms with E-state index in [4.69, 9.17) is 5.26 Å². The molecule has 0 aliphatic heterocycles. The Morgan fingerprint density at radius 3 is 2.42 bits per heavy atom. The van der Waals surface area contributed by atoms with Crippen LogP contribution >= 0.6 is 0 Å². The zero-order chi connectivity index (χ0) is 9.35. The molecule has 63 valence electrons. The second-order valence-electron chi connectivity index (χ2n) is 3.82. The molecule has 1 aromatic heterocycles. The van der Waals surface area contributed by atoms with Gasteiger partial charge in [0.25, 0.3) is 0 Å². The number of hydrogen-bond donors (Lipinski definition) is 0. The summed E-state index contributed by atoms with van der Waals surface area (Å²) in [7, 11) is 1.83. The lowest BCUT2D eigenvalue weighted by molar-refractivity contribution is 0.522. The number of rotatable bonds is 0. The van der Waals surface area contributed by atoms with Crippen LogP contribution in [0.4, 0.5) is 0 Å². The minimum atomic E-state index is -0.0488. The monoisotopic (exact) mass is 162 g/mol. The van der Waals surface area contributed by atoms with Gasteiger partial charge in [-0.25, -0.2) is 0 Å². The molecule has 3 nitrogen and oxygen atoms in total. The van der Waals surface area contributed by atoms with E-state index in [1.165, 1.54) is 0 Å². The van der Waals surface area contributed by atoms with Crippen LogP contribution in [0.2, 0.25) is 0 Å². The summed E-state index contributed by atoms with van der Waals surface area (Å²) in [6.07, 6.45) is 2.68. The third kappa shape index (κ3) is 1.33. The second kappa shape index (κ2) is 2.63. The Kier molecular flexibility index (Phi) is 1.93. The first kappa shape index (κ1) is 8.79. The average Bonchev–Trinajstić information content (AvgIpc) is 2.29. The number of aromatic nitrogens is 2. The molecule has 0 N–H and O–H groups in total.